The highest BCUT2D eigenvalue weighted by molar-refractivity contribution is 5.97. The topological polar surface area (TPSA) is 63.6 Å². The molecule has 1 aromatic heterocycles. The Bertz CT molecular complexity index is 608. The molecule has 0 aliphatic rings. The first kappa shape index (κ1) is 12.0. The largest absolute Gasteiger partial charge is 0.433 e. The lowest BCUT2D eigenvalue weighted by molar-refractivity contribution is 0.154. The highest BCUT2D eigenvalue weighted by Crippen LogP contribution is 2.17. The van der Waals surface area contributed by atoms with Crippen LogP contribution in [0.2, 0.25) is 0 Å². The minimum absolute atomic E-state index is 0.601. The van der Waals surface area contributed by atoms with Gasteiger partial charge < -0.3 is 5.32 Å². The van der Waals surface area contributed by atoms with Gasteiger partial charge >= 0.3 is 6.09 Å². The van der Waals surface area contributed by atoms with Crippen LogP contribution in [0.25, 0.3) is 10.9 Å². The number of nitrogens with zero attached hydrogens (tertiary/aromatic N) is 2. The Hall–Kier alpha value is -2.43. The summed E-state index contributed by atoms with van der Waals surface area (Å²) in [4.78, 5) is 19.7. The van der Waals surface area contributed by atoms with Crippen molar-refractivity contribution >= 4 is 23.2 Å². The number of carbonyl (C=O) groups excluding carboxylic acids is 1. The van der Waals surface area contributed by atoms with Gasteiger partial charge in [-0.15, -0.1) is 0 Å². The first-order valence-corrected chi connectivity index (χ1v) is 5.48. The monoisotopic (exact) mass is 243 g/mol. The number of hydrogen-bond acceptors (Lipinski definition) is 4. The van der Waals surface area contributed by atoms with Crippen LogP contribution in [0.5, 0.6) is 0 Å². The third-order valence-corrected chi connectivity index (χ3v) is 2.41. The van der Waals surface area contributed by atoms with Crippen LogP contribution in [-0.4, -0.2) is 24.3 Å². The molecule has 0 radical (unpaired) electrons. The number of amides is 1. The number of aromatic nitrogens is 1. The number of hydrogen-bond donors (Lipinski definition) is 1. The SMILES string of the molecule is CNC(=O)O/N=C/c1cc(C)cc2cccnc12. The Morgan fingerprint density at radius 3 is 3.11 bits per heavy atom. The van der Waals surface area contributed by atoms with Crippen molar-refractivity contribution in [1.29, 1.82) is 0 Å². The van der Waals surface area contributed by atoms with Crippen LogP contribution in [0.3, 0.4) is 0 Å². The molecule has 0 saturated heterocycles. The van der Waals surface area contributed by atoms with Gasteiger partial charge in [-0.2, -0.15) is 0 Å². The maximum atomic E-state index is 10.9. The van der Waals surface area contributed by atoms with E-state index in [0.717, 1.165) is 22.0 Å². The van der Waals surface area contributed by atoms with Crippen molar-refractivity contribution in [1.82, 2.24) is 10.3 Å². The van der Waals surface area contributed by atoms with Crippen LogP contribution < -0.4 is 5.32 Å². The summed E-state index contributed by atoms with van der Waals surface area (Å²) in [5.41, 5.74) is 2.73. The lowest BCUT2D eigenvalue weighted by Crippen LogP contribution is -2.16. The quantitative estimate of drug-likeness (QED) is 0.499. The summed E-state index contributed by atoms with van der Waals surface area (Å²) < 4.78 is 0. The van der Waals surface area contributed by atoms with Crippen LogP contribution in [0.1, 0.15) is 11.1 Å². The van der Waals surface area contributed by atoms with Gasteiger partial charge in [0.05, 0.1) is 11.7 Å². The number of carbonyl (C=O) groups is 1. The normalized spacial score (nSPS) is 10.8. The molecule has 18 heavy (non-hydrogen) atoms. The third kappa shape index (κ3) is 2.63. The summed E-state index contributed by atoms with van der Waals surface area (Å²) >= 11 is 0. The first-order valence-electron chi connectivity index (χ1n) is 5.48. The van der Waals surface area contributed by atoms with E-state index in [0.29, 0.717) is 0 Å². The van der Waals surface area contributed by atoms with E-state index in [4.69, 9.17) is 0 Å². The Morgan fingerprint density at radius 2 is 2.33 bits per heavy atom. The van der Waals surface area contributed by atoms with Crippen molar-refractivity contribution < 1.29 is 9.63 Å². The van der Waals surface area contributed by atoms with E-state index in [1.54, 1.807) is 6.20 Å². The molecule has 2 rings (SSSR count). The Kier molecular flexibility index (Phi) is 3.52. The fraction of sp³-hybridized carbons (Fsp3) is 0.154. The number of nitrogens with one attached hydrogen (secondary N) is 1. The number of oxime groups is 1. The lowest BCUT2D eigenvalue weighted by Gasteiger charge is -2.02. The number of fused-ring (bicyclic) bond motifs is 1. The standard InChI is InChI=1S/C13H13N3O2/c1-9-6-10-4-3-5-15-12(10)11(7-9)8-16-18-13(17)14-2/h3-8H,1-2H3,(H,14,17)/b16-8+. The molecule has 0 aliphatic heterocycles. The Morgan fingerprint density at radius 1 is 1.50 bits per heavy atom. The van der Waals surface area contributed by atoms with Crippen molar-refractivity contribution in [2.75, 3.05) is 7.05 Å². The van der Waals surface area contributed by atoms with E-state index in [-0.39, 0.29) is 0 Å². The summed E-state index contributed by atoms with van der Waals surface area (Å²) in [6.45, 7) is 1.99. The number of pyridine rings is 1. The zero-order valence-corrected chi connectivity index (χ0v) is 10.2. The minimum Gasteiger partial charge on any atom is -0.323 e. The molecule has 1 N–H and O–H groups in total. The van der Waals surface area contributed by atoms with Crippen LogP contribution in [-0.2, 0) is 4.84 Å². The second-order valence-electron chi connectivity index (χ2n) is 3.79. The molecule has 0 aliphatic carbocycles. The van der Waals surface area contributed by atoms with Gasteiger partial charge in [-0.05, 0) is 30.7 Å². The van der Waals surface area contributed by atoms with Gasteiger partial charge in [-0.25, -0.2) is 4.79 Å². The Labute approximate surface area is 104 Å². The zero-order valence-electron chi connectivity index (χ0n) is 10.2. The number of benzene rings is 1. The summed E-state index contributed by atoms with van der Waals surface area (Å²) in [5.74, 6) is 0. The summed E-state index contributed by atoms with van der Waals surface area (Å²) in [6, 6.07) is 7.83. The molecule has 5 heteroatoms. The summed E-state index contributed by atoms with van der Waals surface area (Å²) in [6.07, 6.45) is 2.60. The van der Waals surface area contributed by atoms with Gasteiger partial charge in [0.25, 0.3) is 0 Å². The maximum absolute atomic E-state index is 10.9. The molecule has 1 amide bonds. The van der Waals surface area contributed by atoms with E-state index in [1.807, 2.05) is 31.2 Å². The Balaban J connectivity index is 2.35. The fourth-order valence-corrected chi connectivity index (χ4v) is 1.65. The predicted octanol–water partition coefficient (Wildman–Crippen LogP) is 2.23. The van der Waals surface area contributed by atoms with Crippen molar-refractivity contribution in [2.24, 2.45) is 5.16 Å². The van der Waals surface area contributed by atoms with Crippen molar-refractivity contribution in [2.45, 2.75) is 6.92 Å². The van der Waals surface area contributed by atoms with Gasteiger partial charge in [0.2, 0.25) is 0 Å². The fourth-order valence-electron chi connectivity index (χ4n) is 1.65. The van der Waals surface area contributed by atoms with Crippen molar-refractivity contribution in [3.63, 3.8) is 0 Å². The minimum atomic E-state index is -0.601. The van der Waals surface area contributed by atoms with Crippen LogP contribution in [0.4, 0.5) is 4.79 Å². The van der Waals surface area contributed by atoms with Crippen LogP contribution >= 0.6 is 0 Å². The second-order valence-corrected chi connectivity index (χ2v) is 3.79. The zero-order chi connectivity index (χ0) is 13.0. The molecular weight excluding hydrogens is 230 g/mol. The molecule has 2 aromatic rings. The number of aryl methyl sites for hydroxylation is 1. The molecule has 0 unspecified atom stereocenters. The lowest BCUT2D eigenvalue weighted by atomic mass is 10.1. The first-order chi connectivity index (χ1) is 8.70. The van der Waals surface area contributed by atoms with Crippen molar-refractivity contribution in [3.8, 4) is 0 Å². The average molecular weight is 243 g/mol. The second kappa shape index (κ2) is 5.27. The molecule has 5 nitrogen and oxygen atoms in total. The number of rotatable bonds is 2. The van der Waals surface area contributed by atoms with E-state index in [2.05, 4.69) is 20.3 Å². The predicted molar refractivity (Wildman–Crippen MR) is 69.6 cm³/mol. The molecule has 0 bridgehead atoms. The van der Waals surface area contributed by atoms with E-state index in [9.17, 15) is 4.79 Å². The van der Waals surface area contributed by atoms with E-state index < -0.39 is 6.09 Å². The molecule has 1 heterocycles. The summed E-state index contributed by atoms with van der Waals surface area (Å²) in [7, 11) is 1.47. The molecule has 1 aromatic carbocycles. The third-order valence-electron chi connectivity index (χ3n) is 2.41. The van der Waals surface area contributed by atoms with Gasteiger partial charge in [0.1, 0.15) is 0 Å². The molecule has 92 valence electrons. The molecule has 0 saturated carbocycles. The average Bonchev–Trinajstić information content (AvgIpc) is 2.38. The van der Waals surface area contributed by atoms with Crippen LogP contribution in [0.15, 0.2) is 35.6 Å². The van der Waals surface area contributed by atoms with Gasteiger partial charge in [0, 0.05) is 24.2 Å². The molecular formula is C13H13N3O2. The van der Waals surface area contributed by atoms with Gasteiger partial charge in [-0.1, -0.05) is 11.2 Å². The van der Waals surface area contributed by atoms with E-state index >= 15 is 0 Å². The van der Waals surface area contributed by atoms with E-state index in [1.165, 1.54) is 13.3 Å². The molecule has 0 spiro atoms. The molecule has 0 fully saturated rings. The summed E-state index contributed by atoms with van der Waals surface area (Å²) in [5, 5.41) is 6.96. The highest BCUT2D eigenvalue weighted by atomic mass is 16.7. The molecule has 0 atom stereocenters. The van der Waals surface area contributed by atoms with Crippen molar-refractivity contribution in [3.05, 3.63) is 41.6 Å². The highest BCUT2D eigenvalue weighted by Gasteiger charge is 2.02. The maximum Gasteiger partial charge on any atom is 0.433 e. The van der Waals surface area contributed by atoms with Gasteiger partial charge in [0.15, 0.2) is 0 Å². The van der Waals surface area contributed by atoms with Crippen LogP contribution in [0, 0.1) is 6.92 Å². The van der Waals surface area contributed by atoms with Gasteiger partial charge in [-0.3, -0.25) is 9.82 Å². The smallest absolute Gasteiger partial charge is 0.323 e.